The Kier molecular flexibility index (Phi) is 4.09. The molecule has 1 heterocycles. The number of ether oxygens (including phenoxy) is 2. The monoisotopic (exact) mass is 315 g/mol. The molecule has 1 fully saturated rings. The maximum absolute atomic E-state index is 12.5. The molecule has 124 valence electrons. The zero-order valence-electron chi connectivity index (χ0n) is 14.3. The predicted octanol–water partition coefficient (Wildman–Crippen LogP) is 3.18. The Morgan fingerprint density at radius 1 is 1.30 bits per heavy atom. The number of rotatable bonds is 4. The minimum atomic E-state index is -0.141. The fourth-order valence-corrected chi connectivity index (χ4v) is 3.34. The first-order valence-electron chi connectivity index (χ1n) is 8.21. The average Bonchev–Trinajstić information content (AvgIpc) is 3.04. The third-order valence-corrected chi connectivity index (χ3v) is 4.78. The van der Waals surface area contributed by atoms with Crippen molar-refractivity contribution in [1.82, 2.24) is 5.32 Å². The van der Waals surface area contributed by atoms with Gasteiger partial charge in [0.1, 0.15) is 12.7 Å². The second-order valence-corrected chi connectivity index (χ2v) is 7.31. The number of carbonyl (C=O) groups is 1. The van der Waals surface area contributed by atoms with Crippen LogP contribution in [0, 0.1) is 17.3 Å². The fourth-order valence-electron chi connectivity index (χ4n) is 3.34. The Labute approximate surface area is 137 Å². The topological polar surface area (TPSA) is 47.6 Å². The first-order valence-corrected chi connectivity index (χ1v) is 8.21. The van der Waals surface area contributed by atoms with Gasteiger partial charge in [-0.1, -0.05) is 37.6 Å². The first-order chi connectivity index (χ1) is 10.9. The zero-order valence-corrected chi connectivity index (χ0v) is 14.3. The summed E-state index contributed by atoms with van der Waals surface area (Å²) >= 11 is 0. The van der Waals surface area contributed by atoms with Crippen molar-refractivity contribution in [2.24, 2.45) is 17.3 Å². The largest absolute Gasteiger partial charge is 0.486 e. The summed E-state index contributed by atoms with van der Waals surface area (Å²) in [6.07, 6.45) is 2.07. The van der Waals surface area contributed by atoms with Gasteiger partial charge >= 0.3 is 0 Å². The van der Waals surface area contributed by atoms with Crippen molar-refractivity contribution in [3.63, 3.8) is 0 Å². The highest BCUT2D eigenvalue weighted by molar-refractivity contribution is 5.83. The Morgan fingerprint density at radius 2 is 2.00 bits per heavy atom. The van der Waals surface area contributed by atoms with Gasteiger partial charge in [-0.15, -0.1) is 0 Å². The van der Waals surface area contributed by atoms with Crippen LogP contribution in [0.1, 0.15) is 27.7 Å². The molecule has 23 heavy (non-hydrogen) atoms. The molecule has 0 saturated heterocycles. The quantitative estimate of drug-likeness (QED) is 0.868. The summed E-state index contributed by atoms with van der Waals surface area (Å²) in [5, 5.41) is 3.03. The number of hydrogen-bond acceptors (Lipinski definition) is 3. The number of benzene rings is 1. The highest BCUT2D eigenvalue weighted by Crippen LogP contribution is 2.59. The molecular formula is C19H25NO3. The van der Waals surface area contributed by atoms with Gasteiger partial charge in [0, 0.05) is 0 Å². The van der Waals surface area contributed by atoms with Crippen molar-refractivity contribution in [2.75, 3.05) is 13.2 Å². The minimum absolute atomic E-state index is 0.0396. The van der Waals surface area contributed by atoms with Crippen LogP contribution in [0.3, 0.4) is 0 Å². The Bertz CT molecular complexity index is 631. The number of carbonyl (C=O) groups excluding carboxylic acids is 1. The van der Waals surface area contributed by atoms with Gasteiger partial charge in [0.2, 0.25) is 5.91 Å². The van der Waals surface area contributed by atoms with Crippen LogP contribution < -0.4 is 14.8 Å². The first kappa shape index (κ1) is 15.9. The molecule has 1 aromatic carbocycles. The summed E-state index contributed by atoms with van der Waals surface area (Å²) in [7, 11) is 0. The van der Waals surface area contributed by atoms with E-state index in [-0.39, 0.29) is 23.3 Å². The van der Waals surface area contributed by atoms with Gasteiger partial charge in [-0.2, -0.15) is 0 Å². The van der Waals surface area contributed by atoms with E-state index < -0.39 is 0 Å². The molecule has 3 unspecified atom stereocenters. The normalized spacial score (nSPS) is 27.0. The molecule has 3 rings (SSSR count). The summed E-state index contributed by atoms with van der Waals surface area (Å²) in [6.45, 7) is 9.39. The molecule has 1 N–H and O–H groups in total. The standard InChI is InChI=1S/C19H25NO3/c1-12(2)9-14-17(19(14,3)4)18(21)20-10-13-11-22-15-7-5-6-8-16(15)23-13/h5-9,13-14,17H,10-11H2,1-4H3,(H,20,21). The van der Waals surface area contributed by atoms with Crippen LogP contribution in [-0.2, 0) is 4.79 Å². The van der Waals surface area contributed by atoms with E-state index in [4.69, 9.17) is 9.47 Å². The SMILES string of the molecule is CC(C)=CC1C(C(=O)NCC2COc3ccccc3O2)C1(C)C. The number of nitrogens with one attached hydrogen (secondary N) is 1. The summed E-state index contributed by atoms with van der Waals surface area (Å²) in [4.78, 5) is 12.5. The highest BCUT2D eigenvalue weighted by atomic mass is 16.6. The molecule has 0 spiro atoms. The molecule has 1 aliphatic heterocycles. The van der Waals surface area contributed by atoms with Crippen molar-refractivity contribution >= 4 is 5.91 Å². The molecule has 4 nitrogen and oxygen atoms in total. The molecule has 1 aromatic rings. The van der Waals surface area contributed by atoms with Crippen molar-refractivity contribution < 1.29 is 14.3 Å². The predicted molar refractivity (Wildman–Crippen MR) is 89.6 cm³/mol. The lowest BCUT2D eigenvalue weighted by Gasteiger charge is -2.26. The smallest absolute Gasteiger partial charge is 0.224 e. The van der Waals surface area contributed by atoms with E-state index in [1.165, 1.54) is 5.57 Å². The maximum atomic E-state index is 12.5. The molecule has 0 aromatic heterocycles. The van der Waals surface area contributed by atoms with Crippen molar-refractivity contribution in [3.05, 3.63) is 35.9 Å². The lowest BCUT2D eigenvalue weighted by atomic mass is 10.1. The molecule has 1 saturated carbocycles. The molecular weight excluding hydrogens is 290 g/mol. The zero-order chi connectivity index (χ0) is 16.6. The Balaban J connectivity index is 1.54. The second kappa shape index (κ2) is 5.91. The minimum Gasteiger partial charge on any atom is -0.486 e. The molecule has 0 radical (unpaired) electrons. The van der Waals surface area contributed by atoms with Gasteiger partial charge in [0.15, 0.2) is 11.5 Å². The maximum Gasteiger partial charge on any atom is 0.224 e. The van der Waals surface area contributed by atoms with E-state index >= 15 is 0 Å². The van der Waals surface area contributed by atoms with Crippen LogP contribution in [-0.4, -0.2) is 25.2 Å². The Hall–Kier alpha value is -1.97. The van der Waals surface area contributed by atoms with E-state index in [0.29, 0.717) is 19.1 Å². The fraction of sp³-hybridized carbons (Fsp3) is 0.526. The molecule has 4 heteroatoms. The summed E-state index contributed by atoms with van der Waals surface area (Å²) < 4.78 is 11.5. The lowest BCUT2D eigenvalue weighted by Crippen LogP contribution is -2.41. The highest BCUT2D eigenvalue weighted by Gasteiger charge is 2.60. The van der Waals surface area contributed by atoms with E-state index in [0.717, 1.165) is 11.5 Å². The molecule has 2 aliphatic rings. The van der Waals surface area contributed by atoms with Crippen LogP contribution in [0.2, 0.25) is 0 Å². The van der Waals surface area contributed by atoms with Crippen LogP contribution >= 0.6 is 0 Å². The third kappa shape index (κ3) is 3.21. The van der Waals surface area contributed by atoms with Gasteiger partial charge in [-0.05, 0) is 37.3 Å². The number of para-hydroxylation sites is 2. The summed E-state index contributed by atoms with van der Waals surface area (Å²) in [6, 6.07) is 7.61. The van der Waals surface area contributed by atoms with Gasteiger partial charge in [-0.25, -0.2) is 0 Å². The molecule has 1 aliphatic carbocycles. The van der Waals surface area contributed by atoms with Gasteiger partial charge in [0.25, 0.3) is 0 Å². The average molecular weight is 315 g/mol. The van der Waals surface area contributed by atoms with E-state index in [1.54, 1.807) is 0 Å². The van der Waals surface area contributed by atoms with Crippen molar-refractivity contribution in [3.8, 4) is 11.5 Å². The second-order valence-electron chi connectivity index (χ2n) is 7.31. The molecule has 1 amide bonds. The van der Waals surface area contributed by atoms with Crippen LogP contribution in [0.5, 0.6) is 11.5 Å². The van der Waals surface area contributed by atoms with Gasteiger partial charge < -0.3 is 14.8 Å². The van der Waals surface area contributed by atoms with E-state index in [2.05, 4.69) is 39.1 Å². The molecule has 3 atom stereocenters. The van der Waals surface area contributed by atoms with Crippen molar-refractivity contribution in [2.45, 2.75) is 33.8 Å². The van der Waals surface area contributed by atoms with Crippen molar-refractivity contribution in [1.29, 1.82) is 0 Å². The number of fused-ring (bicyclic) bond motifs is 1. The van der Waals surface area contributed by atoms with E-state index in [9.17, 15) is 4.79 Å². The van der Waals surface area contributed by atoms with Crippen LogP contribution in [0.25, 0.3) is 0 Å². The number of allylic oxidation sites excluding steroid dienone is 2. The van der Waals surface area contributed by atoms with E-state index in [1.807, 2.05) is 24.3 Å². The van der Waals surface area contributed by atoms with Crippen LogP contribution in [0.4, 0.5) is 0 Å². The number of amides is 1. The molecule has 0 bridgehead atoms. The summed E-state index contributed by atoms with van der Waals surface area (Å²) in [5.74, 6) is 2.00. The van der Waals surface area contributed by atoms with Gasteiger partial charge in [-0.3, -0.25) is 4.79 Å². The summed E-state index contributed by atoms with van der Waals surface area (Å²) in [5.41, 5.74) is 1.30. The number of hydrogen-bond donors (Lipinski definition) is 1. The lowest BCUT2D eigenvalue weighted by molar-refractivity contribution is -0.123. The van der Waals surface area contributed by atoms with Crippen LogP contribution in [0.15, 0.2) is 35.9 Å². The third-order valence-electron chi connectivity index (χ3n) is 4.78. The van der Waals surface area contributed by atoms with Gasteiger partial charge in [0.05, 0.1) is 12.5 Å². The Morgan fingerprint density at radius 3 is 2.70 bits per heavy atom.